The minimum atomic E-state index is -0.928. The molecule has 1 atom stereocenters. The molecule has 0 aromatic carbocycles. The Balaban J connectivity index is 1.97. The Kier molecular flexibility index (Phi) is 4.89. The molecular formula is C14H19BN2O4. The number of aromatic nitrogens is 1. The van der Waals surface area contributed by atoms with Crippen LogP contribution in [0, 0.1) is 17.1 Å². The van der Waals surface area contributed by atoms with Gasteiger partial charge in [0.05, 0.1) is 6.10 Å². The summed E-state index contributed by atoms with van der Waals surface area (Å²) in [5, 5.41) is 21.9. The minimum Gasteiger partial charge on any atom is -0.481 e. The molecule has 1 N–H and O–H groups in total. The molecule has 0 amide bonds. The summed E-state index contributed by atoms with van der Waals surface area (Å²) in [5.41, 5.74) is 0. The first-order valence-corrected chi connectivity index (χ1v) is 7.27. The number of aliphatic carboxylic acids is 1. The van der Waals surface area contributed by atoms with Crippen LogP contribution < -0.4 is 4.74 Å². The lowest BCUT2D eigenvalue weighted by Gasteiger charge is -2.22. The zero-order valence-corrected chi connectivity index (χ0v) is 12.3. The van der Waals surface area contributed by atoms with E-state index in [4.69, 9.17) is 14.5 Å². The summed E-state index contributed by atoms with van der Waals surface area (Å²) < 4.78 is 10.9. The fourth-order valence-electron chi connectivity index (χ4n) is 2.69. The normalized spacial score (nSPS) is 17.5. The van der Waals surface area contributed by atoms with Crippen LogP contribution in [0.15, 0.2) is 10.6 Å². The van der Waals surface area contributed by atoms with Gasteiger partial charge in [-0.15, -0.1) is 0 Å². The topological polar surface area (TPSA) is 96.3 Å². The molecule has 0 saturated carbocycles. The van der Waals surface area contributed by atoms with Crippen LogP contribution in [0.25, 0.3) is 0 Å². The van der Waals surface area contributed by atoms with E-state index in [-0.39, 0.29) is 18.7 Å². The SMILES string of the molecule is CC(C)C(C(=O)O)c1cc(OC2CCB(C#N)CC2)no1. The Hall–Kier alpha value is -1.97. The van der Waals surface area contributed by atoms with Crippen molar-refractivity contribution < 1.29 is 19.2 Å². The van der Waals surface area contributed by atoms with Crippen LogP contribution in [-0.4, -0.2) is 29.0 Å². The van der Waals surface area contributed by atoms with Gasteiger partial charge in [-0.2, -0.15) is 0 Å². The number of nitrogens with zero attached hydrogens (tertiary/aromatic N) is 2. The fraction of sp³-hybridized carbons (Fsp3) is 0.643. The molecule has 7 heteroatoms. The Bertz CT molecular complexity index is 529. The number of nitriles is 1. The smallest absolute Gasteiger partial charge is 0.314 e. The van der Waals surface area contributed by atoms with Crippen LogP contribution in [0.1, 0.15) is 38.4 Å². The number of hydrogen-bond donors (Lipinski definition) is 1. The number of hydrogen-bond acceptors (Lipinski definition) is 5. The van der Waals surface area contributed by atoms with E-state index in [1.165, 1.54) is 0 Å². The van der Waals surface area contributed by atoms with Crippen LogP contribution in [0.2, 0.25) is 12.6 Å². The van der Waals surface area contributed by atoms with E-state index in [0.717, 1.165) is 25.5 Å². The van der Waals surface area contributed by atoms with Gasteiger partial charge in [-0.25, -0.2) is 5.26 Å². The first kappa shape index (κ1) is 15.4. The summed E-state index contributed by atoms with van der Waals surface area (Å²) in [4.78, 5) is 11.3. The predicted octanol–water partition coefficient (Wildman–Crippen LogP) is 2.60. The van der Waals surface area contributed by atoms with E-state index < -0.39 is 11.9 Å². The molecule has 21 heavy (non-hydrogen) atoms. The van der Waals surface area contributed by atoms with Crippen molar-refractivity contribution >= 4 is 12.7 Å². The van der Waals surface area contributed by atoms with Gasteiger partial charge in [0.15, 0.2) is 5.76 Å². The molecule has 1 aromatic heterocycles. The Labute approximate surface area is 124 Å². The van der Waals surface area contributed by atoms with Crippen molar-refractivity contribution in [2.24, 2.45) is 5.92 Å². The summed E-state index contributed by atoms with van der Waals surface area (Å²) in [7, 11) is 0. The standard InChI is InChI=1S/C14H19BN2O4/c1-9(2)13(14(18)19)11-7-12(17-21-11)20-10-3-5-15(8-16)6-4-10/h7,9-10,13H,3-6H2,1-2H3,(H,18,19). The van der Waals surface area contributed by atoms with Crippen molar-refractivity contribution in [3.63, 3.8) is 0 Å². The second-order valence-corrected chi connectivity index (χ2v) is 5.85. The molecule has 1 saturated heterocycles. The molecule has 112 valence electrons. The van der Waals surface area contributed by atoms with Gasteiger partial charge in [-0.1, -0.05) is 26.5 Å². The van der Waals surface area contributed by atoms with Crippen molar-refractivity contribution in [3.05, 3.63) is 11.8 Å². The Morgan fingerprint density at radius 2 is 2.24 bits per heavy atom. The Morgan fingerprint density at radius 1 is 1.57 bits per heavy atom. The summed E-state index contributed by atoms with van der Waals surface area (Å²) in [6.07, 6.45) is 3.31. The quantitative estimate of drug-likeness (QED) is 0.837. The van der Waals surface area contributed by atoms with Gasteiger partial charge in [0.2, 0.25) is 0 Å². The van der Waals surface area contributed by atoms with Crippen LogP contribution in [-0.2, 0) is 4.79 Å². The second kappa shape index (κ2) is 6.66. The van der Waals surface area contributed by atoms with E-state index in [1.807, 2.05) is 13.8 Å². The maximum absolute atomic E-state index is 11.3. The van der Waals surface area contributed by atoms with Crippen molar-refractivity contribution in [2.45, 2.75) is 51.4 Å². The lowest BCUT2D eigenvalue weighted by molar-refractivity contribution is -0.140. The molecule has 2 rings (SSSR count). The summed E-state index contributed by atoms with van der Waals surface area (Å²) in [6, 6.07) is 1.56. The lowest BCUT2D eigenvalue weighted by atomic mass is 9.42. The van der Waals surface area contributed by atoms with Crippen LogP contribution in [0.4, 0.5) is 0 Å². The molecule has 0 bridgehead atoms. The molecule has 1 aromatic rings. The van der Waals surface area contributed by atoms with Gasteiger partial charge < -0.3 is 14.4 Å². The van der Waals surface area contributed by atoms with Crippen LogP contribution in [0.5, 0.6) is 5.88 Å². The highest BCUT2D eigenvalue weighted by atomic mass is 16.5. The van der Waals surface area contributed by atoms with E-state index >= 15 is 0 Å². The van der Waals surface area contributed by atoms with E-state index in [1.54, 1.807) is 6.07 Å². The van der Waals surface area contributed by atoms with Crippen LogP contribution in [0.3, 0.4) is 0 Å². The monoisotopic (exact) mass is 290 g/mol. The van der Waals surface area contributed by atoms with Gasteiger partial charge in [0.1, 0.15) is 5.92 Å². The molecule has 1 unspecified atom stereocenters. The first-order valence-electron chi connectivity index (χ1n) is 7.27. The highest BCUT2D eigenvalue weighted by Crippen LogP contribution is 2.29. The van der Waals surface area contributed by atoms with Gasteiger partial charge in [0, 0.05) is 12.0 Å². The van der Waals surface area contributed by atoms with Crippen molar-refractivity contribution in [2.75, 3.05) is 0 Å². The third kappa shape index (κ3) is 3.78. The molecule has 0 spiro atoms. The number of carboxylic acids is 1. The van der Waals surface area contributed by atoms with E-state index in [2.05, 4.69) is 11.1 Å². The summed E-state index contributed by atoms with van der Waals surface area (Å²) in [5.74, 6) is 1.19. The van der Waals surface area contributed by atoms with E-state index in [9.17, 15) is 9.90 Å². The van der Waals surface area contributed by atoms with Crippen LogP contribution >= 0.6 is 0 Å². The molecule has 0 aliphatic carbocycles. The second-order valence-electron chi connectivity index (χ2n) is 5.85. The first-order chi connectivity index (χ1) is 10.0. The van der Waals surface area contributed by atoms with Crippen molar-refractivity contribution in [1.29, 1.82) is 5.26 Å². The number of carbonyl (C=O) groups is 1. The maximum atomic E-state index is 11.3. The van der Waals surface area contributed by atoms with Gasteiger partial charge in [-0.05, 0) is 23.9 Å². The molecule has 2 heterocycles. The molecule has 0 radical (unpaired) electrons. The molecule has 6 nitrogen and oxygen atoms in total. The lowest BCUT2D eigenvalue weighted by Crippen LogP contribution is -2.27. The number of carboxylic acid groups (broad SMARTS) is 1. The van der Waals surface area contributed by atoms with Crippen molar-refractivity contribution in [1.82, 2.24) is 5.16 Å². The summed E-state index contributed by atoms with van der Waals surface area (Å²) in [6.45, 7) is 3.77. The average molecular weight is 290 g/mol. The highest BCUT2D eigenvalue weighted by Gasteiger charge is 2.30. The third-order valence-electron chi connectivity index (χ3n) is 3.89. The molecular weight excluding hydrogens is 271 g/mol. The van der Waals surface area contributed by atoms with Gasteiger partial charge in [-0.3, -0.25) is 4.79 Å². The fourth-order valence-corrected chi connectivity index (χ4v) is 2.69. The highest BCUT2D eigenvalue weighted by molar-refractivity contribution is 6.67. The zero-order chi connectivity index (χ0) is 15.4. The van der Waals surface area contributed by atoms with Gasteiger partial charge >= 0.3 is 5.97 Å². The molecule has 1 fully saturated rings. The maximum Gasteiger partial charge on any atom is 0.314 e. The largest absolute Gasteiger partial charge is 0.481 e. The minimum absolute atomic E-state index is 0.0230. The number of rotatable bonds is 5. The van der Waals surface area contributed by atoms with E-state index in [0.29, 0.717) is 11.6 Å². The molecule has 1 aliphatic rings. The third-order valence-corrected chi connectivity index (χ3v) is 3.89. The van der Waals surface area contributed by atoms with Crippen molar-refractivity contribution in [3.8, 4) is 11.8 Å². The predicted molar refractivity (Wildman–Crippen MR) is 76.3 cm³/mol. The summed E-state index contributed by atoms with van der Waals surface area (Å²) >= 11 is 0. The Morgan fingerprint density at radius 3 is 2.76 bits per heavy atom. The molecule has 1 aliphatic heterocycles. The number of ether oxygens (including phenoxy) is 1. The average Bonchev–Trinajstić information content (AvgIpc) is 2.87. The zero-order valence-electron chi connectivity index (χ0n) is 12.3. The van der Waals surface area contributed by atoms with Gasteiger partial charge in [0.25, 0.3) is 12.6 Å².